The summed E-state index contributed by atoms with van der Waals surface area (Å²) in [6.07, 6.45) is 0.866. The number of nitrogens with one attached hydrogen (secondary N) is 1. The molecule has 1 fully saturated rings. The largest absolute Gasteiger partial charge is 0.324 e. The van der Waals surface area contributed by atoms with E-state index in [2.05, 4.69) is 5.32 Å². The lowest BCUT2D eigenvalue weighted by atomic mass is 9.97. The number of thiophene rings is 1. The standard InChI is InChI=1S/C16H15Cl3N2O3S2/c17-11-1-2-12(18)13(9-11)20-16(22)10-5-7-21(8-6-10)26(23,24)15-4-3-14(19)25-15/h1-4,9-10H,5-8H2,(H,20,22). The zero-order valence-electron chi connectivity index (χ0n) is 13.4. The first-order valence-electron chi connectivity index (χ1n) is 7.79. The molecule has 0 saturated carbocycles. The summed E-state index contributed by atoms with van der Waals surface area (Å²) < 4.78 is 27.2. The number of hydrogen-bond acceptors (Lipinski definition) is 4. The molecule has 1 amide bonds. The van der Waals surface area contributed by atoms with Gasteiger partial charge in [0.1, 0.15) is 4.21 Å². The molecule has 1 aliphatic rings. The summed E-state index contributed by atoms with van der Waals surface area (Å²) in [7, 11) is -3.56. The van der Waals surface area contributed by atoms with Crippen molar-refractivity contribution in [2.45, 2.75) is 17.1 Å². The van der Waals surface area contributed by atoms with Crippen LogP contribution < -0.4 is 5.32 Å². The van der Waals surface area contributed by atoms with E-state index in [1.54, 1.807) is 24.3 Å². The SMILES string of the molecule is O=C(Nc1cc(Cl)ccc1Cl)C1CCN(S(=O)(=O)c2ccc(Cl)s2)CC1. The Bertz CT molecular complexity index is 923. The first-order valence-corrected chi connectivity index (χ1v) is 11.2. The Morgan fingerprint density at radius 1 is 1.12 bits per heavy atom. The highest BCUT2D eigenvalue weighted by molar-refractivity contribution is 7.91. The van der Waals surface area contributed by atoms with Crippen LogP contribution in [0.15, 0.2) is 34.5 Å². The highest BCUT2D eigenvalue weighted by Crippen LogP contribution is 2.31. The van der Waals surface area contributed by atoms with Crippen LogP contribution in [0, 0.1) is 5.92 Å². The van der Waals surface area contributed by atoms with Crippen LogP contribution in [0.3, 0.4) is 0 Å². The minimum absolute atomic E-state index is 0.189. The summed E-state index contributed by atoms with van der Waals surface area (Å²) in [5.41, 5.74) is 0.451. The number of sulfonamides is 1. The molecule has 2 aromatic rings. The third-order valence-corrected chi connectivity index (χ3v) is 8.32. The Hall–Kier alpha value is -0.830. The van der Waals surface area contributed by atoms with E-state index in [0.717, 1.165) is 11.3 Å². The number of carbonyl (C=O) groups excluding carboxylic acids is 1. The highest BCUT2D eigenvalue weighted by Gasteiger charge is 2.33. The van der Waals surface area contributed by atoms with Gasteiger partial charge in [-0.1, -0.05) is 34.8 Å². The van der Waals surface area contributed by atoms with Crippen LogP contribution in [0.1, 0.15) is 12.8 Å². The van der Waals surface area contributed by atoms with Crippen LogP contribution in [-0.4, -0.2) is 31.7 Å². The van der Waals surface area contributed by atoms with Gasteiger partial charge in [0.05, 0.1) is 15.0 Å². The first kappa shape index (κ1) is 19.9. The third-order valence-electron chi connectivity index (χ3n) is 4.15. The third kappa shape index (κ3) is 4.35. The number of halogens is 3. The molecule has 140 valence electrons. The van der Waals surface area contributed by atoms with Crippen LogP contribution in [0.25, 0.3) is 0 Å². The molecule has 26 heavy (non-hydrogen) atoms. The number of hydrogen-bond donors (Lipinski definition) is 1. The molecule has 1 aromatic heterocycles. The molecule has 10 heteroatoms. The van der Waals surface area contributed by atoms with Crippen molar-refractivity contribution in [3.8, 4) is 0 Å². The molecule has 0 radical (unpaired) electrons. The average Bonchev–Trinajstić information content (AvgIpc) is 3.05. The van der Waals surface area contributed by atoms with Crippen molar-refractivity contribution in [3.05, 3.63) is 44.7 Å². The van der Waals surface area contributed by atoms with Gasteiger partial charge in [0.15, 0.2) is 0 Å². The normalized spacial score (nSPS) is 16.6. The number of amides is 1. The summed E-state index contributed by atoms with van der Waals surface area (Å²) >= 11 is 18.8. The van der Waals surface area contributed by atoms with E-state index in [9.17, 15) is 13.2 Å². The summed E-state index contributed by atoms with van der Waals surface area (Å²) in [4.78, 5) is 12.5. The van der Waals surface area contributed by atoms with Crippen molar-refractivity contribution in [1.29, 1.82) is 0 Å². The molecule has 0 spiro atoms. The first-order chi connectivity index (χ1) is 12.3. The van der Waals surface area contributed by atoms with E-state index in [1.165, 1.54) is 10.4 Å². The molecular weight excluding hydrogens is 439 g/mol. The monoisotopic (exact) mass is 452 g/mol. The second-order valence-corrected chi connectivity index (χ2v) is 10.6. The zero-order chi connectivity index (χ0) is 18.9. The van der Waals surface area contributed by atoms with Gasteiger partial charge in [-0.25, -0.2) is 8.42 Å². The Morgan fingerprint density at radius 2 is 1.81 bits per heavy atom. The van der Waals surface area contributed by atoms with E-state index in [-0.39, 0.29) is 29.1 Å². The lowest BCUT2D eigenvalue weighted by Gasteiger charge is -2.30. The number of carbonyl (C=O) groups is 1. The molecule has 1 N–H and O–H groups in total. The van der Waals surface area contributed by atoms with E-state index in [1.807, 2.05) is 0 Å². The van der Waals surface area contributed by atoms with Gasteiger partial charge in [-0.15, -0.1) is 11.3 Å². The predicted octanol–water partition coefficient (Wildman–Crippen LogP) is 4.75. The number of anilines is 1. The Balaban J connectivity index is 1.63. The molecule has 1 saturated heterocycles. The fourth-order valence-electron chi connectivity index (χ4n) is 2.75. The van der Waals surface area contributed by atoms with Crippen LogP contribution in [0.4, 0.5) is 5.69 Å². The fourth-order valence-corrected chi connectivity index (χ4v) is 6.19. The van der Waals surface area contributed by atoms with Gasteiger partial charge in [0.25, 0.3) is 10.0 Å². The highest BCUT2D eigenvalue weighted by atomic mass is 35.5. The van der Waals surface area contributed by atoms with Gasteiger partial charge in [-0.05, 0) is 43.2 Å². The number of rotatable bonds is 4. The van der Waals surface area contributed by atoms with Crippen molar-refractivity contribution < 1.29 is 13.2 Å². The Morgan fingerprint density at radius 3 is 2.42 bits per heavy atom. The van der Waals surface area contributed by atoms with Crippen LogP contribution in [0.2, 0.25) is 14.4 Å². The van der Waals surface area contributed by atoms with Gasteiger partial charge >= 0.3 is 0 Å². The second kappa shape index (κ2) is 8.04. The lowest BCUT2D eigenvalue weighted by Crippen LogP contribution is -2.41. The summed E-state index contributed by atoms with van der Waals surface area (Å²) in [5.74, 6) is -0.478. The van der Waals surface area contributed by atoms with Gasteiger partial charge in [0.2, 0.25) is 5.91 Å². The van der Waals surface area contributed by atoms with Crippen LogP contribution in [0.5, 0.6) is 0 Å². The van der Waals surface area contributed by atoms with Crippen molar-refractivity contribution in [2.75, 3.05) is 18.4 Å². The topological polar surface area (TPSA) is 66.5 Å². The summed E-state index contributed by atoms with van der Waals surface area (Å²) in [5, 5.41) is 3.64. The van der Waals surface area contributed by atoms with Gasteiger partial charge in [-0.2, -0.15) is 4.31 Å². The maximum atomic E-state index is 12.6. The smallest absolute Gasteiger partial charge is 0.252 e. The maximum Gasteiger partial charge on any atom is 0.252 e. The molecule has 0 unspecified atom stereocenters. The van der Waals surface area contributed by atoms with Gasteiger partial charge in [-0.3, -0.25) is 4.79 Å². The van der Waals surface area contributed by atoms with Crippen molar-refractivity contribution in [3.63, 3.8) is 0 Å². The molecule has 3 rings (SSSR count). The molecule has 1 aliphatic heterocycles. The molecule has 1 aromatic carbocycles. The predicted molar refractivity (Wildman–Crippen MR) is 106 cm³/mol. The van der Waals surface area contributed by atoms with Crippen molar-refractivity contribution >= 4 is 67.8 Å². The number of benzene rings is 1. The zero-order valence-corrected chi connectivity index (χ0v) is 17.3. The van der Waals surface area contributed by atoms with E-state index < -0.39 is 10.0 Å². The Kier molecular flexibility index (Phi) is 6.16. The van der Waals surface area contributed by atoms with Crippen molar-refractivity contribution in [2.24, 2.45) is 5.92 Å². The molecular formula is C16H15Cl3N2O3S2. The number of piperidine rings is 1. The van der Waals surface area contributed by atoms with E-state index in [0.29, 0.717) is 32.9 Å². The molecule has 0 bridgehead atoms. The van der Waals surface area contributed by atoms with Crippen LogP contribution >= 0.6 is 46.1 Å². The molecule has 0 atom stereocenters. The van der Waals surface area contributed by atoms with Gasteiger partial charge < -0.3 is 5.32 Å². The second-order valence-electron chi connectivity index (χ2n) is 5.85. The molecule has 5 nitrogen and oxygen atoms in total. The van der Waals surface area contributed by atoms with E-state index >= 15 is 0 Å². The summed E-state index contributed by atoms with van der Waals surface area (Å²) in [6.45, 7) is 0.554. The minimum atomic E-state index is -3.56. The molecule has 0 aliphatic carbocycles. The number of nitrogens with zero attached hydrogens (tertiary/aromatic N) is 1. The minimum Gasteiger partial charge on any atom is -0.324 e. The quantitative estimate of drug-likeness (QED) is 0.726. The van der Waals surface area contributed by atoms with Crippen LogP contribution in [-0.2, 0) is 14.8 Å². The van der Waals surface area contributed by atoms with E-state index in [4.69, 9.17) is 34.8 Å². The average molecular weight is 454 g/mol. The summed E-state index contributed by atoms with van der Waals surface area (Å²) in [6, 6.07) is 7.90. The maximum absolute atomic E-state index is 12.6. The van der Waals surface area contributed by atoms with Gasteiger partial charge in [0, 0.05) is 24.0 Å². The lowest BCUT2D eigenvalue weighted by molar-refractivity contribution is -0.120. The van der Waals surface area contributed by atoms with Crippen molar-refractivity contribution in [1.82, 2.24) is 4.31 Å². The Labute approximate surface area is 170 Å². The fraction of sp³-hybridized carbons (Fsp3) is 0.312. The molecule has 2 heterocycles.